The molecule has 0 fully saturated rings. The Morgan fingerprint density at radius 1 is 1.08 bits per heavy atom. The Morgan fingerprint density at radius 2 is 1.76 bits per heavy atom. The monoisotopic (exact) mass is 357 g/mol. The minimum atomic E-state index is -0.0516. The van der Waals surface area contributed by atoms with E-state index in [0.29, 0.717) is 13.2 Å². The van der Waals surface area contributed by atoms with E-state index < -0.39 is 0 Å². The molecule has 0 radical (unpaired) electrons. The first-order chi connectivity index (χ1) is 11.9. The van der Waals surface area contributed by atoms with E-state index in [4.69, 9.17) is 4.74 Å². The maximum Gasteiger partial charge on any atom is 0.252 e. The lowest BCUT2D eigenvalue weighted by Gasteiger charge is -2.22. The van der Waals surface area contributed by atoms with Gasteiger partial charge < -0.3 is 10.1 Å². The summed E-state index contributed by atoms with van der Waals surface area (Å²) in [6, 6.07) is 15.8. The molecule has 0 aromatic heterocycles. The zero-order valence-electron chi connectivity index (χ0n) is 15.5. The second kappa shape index (κ2) is 8.95. The fourth-order valence-corrected chi connectivity index (χ4v) is 3.37. The molecule has 1 N–H and O–H groups in total. The van der Waals surface area contributed by atoms with Gasteiger partial charge in [-0.05, 0) is 34.9 Å². The molecule has 4 heteroatoms. The first-order valence-electron chi connectivity index (χ1n) is 8.66. The summed E-state index contributed by atoms with van der Waals surface area (Å²) in [6.45, 7) is 9.50. The summed E-state index contributed by atoms with van der Waals surface area (Å²) >= 11 is 1.68. The van der Waals surface area contributed by atoms with Crippen LogP contribution in [-0.4, -0.2) is 24.8 Å². The van der Waals surface area contributed by atoms with E-state index >= 15 is 0 Å². The number of nitrogens with one attached hydrogen (secondary N) is 1. The quantitative estimate of drug-likeness (QED) is 0.565. The zero-order chi connectivity index (χ0) is 18.3. The molecule has 0 saturated heterocycles. The van der Waals surface area contributed by atoms with Crippen molar-refractivity contribution >= 4 is 17.7 Å². The molecule has 0 aliphatic rings. The van der Waals surface area contributed by atoms with Crippen LogP contribution in [0.5, 0.6) is 5.75 Å². The first-order valence-corrected chi connectivity index (χ1v) is 9.64. The molecule has 25 heavy (non-hydrogen) atoms. The Hall–Kier alpha value is -1.94. The van der Waals surface area contributed by atoms with Gasteiger partial charge in [-0.2, -0.15) is 0 Å². The normalized spacial score (nSPS) is 11.2. The molecule has 0 spiro atoms. The van der Waals surface area contributed by atoms with E-state index in [2.05, 4.69) is 39.1 Å². The van der Waals surface area contributed by atoms with Crippen LogP contribution in [0.4, 0.5) is 0 Å². The van der Waals surface area contributed by atoms with Gasteiger partial charge >= 0.3 is 0 Å². The highest BCUT2D eigenvalue weighted by atomic mass is 32.2. The summed E-state index contributed by atoms with van der Waals surface area (Å²) in [7, 11) is 0. The van der Waals surface area contributed by atoms with Gasteiger partial charge in [0.2, 0.25) is 0 Å². The van der Waals surface area contributed by atoms with E-state index in [9.17, 15) is 4.79 Å². The molecule has 0 bridgehead atoms. The van der Waals surface area contributed by atoms with Crippen molar-refractivity contribution in [2.45, 2.75) is 38.0 Å². The standard InChI is InChI=1S/C21H27NO2S/c1-5-25-19-13-9-6-10-16(19)20(23)22-14-15-24-18-12-8-7-11-17(18)21(2,3)4/h6-13H,5,14-15H2,1-4H3,(H,22,23). The predicted molar refractivity (Wildman–Crippen MR) is 106 cm³/mol. The van der Waals surface area contributed by atoms with Crippen molar-refractivity contribution in [3.05, 3.63) is 59.7 Å². The fraction of sp³-hybridized carbons (Fsp3) is 0.381. The smallest absolute Gasteiger partial charge is 0.252 e. The summed E-state index contributed by atoms with van der Waals surface area (Å²) in [5.41, 5.74) is 1.92. The van der Waals surface area contributed by atoms with Crippen molar-refractivity contribution in [2.24, 2.45) is 0 Å². The van der Waals surface area contributed by atoms with Crippen molar-refractivity contribution < 1.29 is 9.53 Å². The number of rotatable bonds is 7. The number of ether oxygens (including phenoxy) is 1. The average molecular weight is 358 g/mol. The summed E-state index contributed by atoms with van der Waals surface area (Å²) < 4.78 is 5.91. The van der Waals surface area contributed by atoms with Crippen molar-refractivity contribution in [2.75, 3.05) is 18.9 Å². The third-order valence-electron chi connectivity index (χ3n) is 3.77. The minimum Gasteiger partial charge on any atom is -0.491 e. The van der Waals surface area contributed by atoms with Crippen molar-refractivity contribution in [3.8, 4) is 5.75 Å². The lowest BCUT2D eigenvalue weighted by Crippen LogP contribution is -2.28. The van der Waals surface area contributed by atoms with E-state index in [1.807, 2.05) is 42.5 Å². The Kier molecular flexibility index (Phi) is 6.94. The molecular weight excluding hydrogens is 330 g/mol. The largest absolute Gasteiger partial charge is 0.491 e. The molecule has 2 aromatic carbocycles. The van der Waals surface area contributed by atoms with Gasteiger partial charge in [0.25, 0.3) is 5.91 Å². The molecule has 0 unspecified atom stereocenters. The third kappa shape index (κ3) is 5.53. The molecule has 3 nitrogen and oxygen atoms in total. The van der Waals surface area contributed by atoms with Gasteiger partial charge in [-0.25, -0.2) is 0 Å². The highest BCUT2D eigenvalue weighted by molar-refractivity contribution is 7.99. The summed E-state index contributed by atoms with van der Waals surface area (Å²) in [5, 5.41) is 2.95. The highest BCUT2D eigenvalue weighted by Crippen LogP contribution is 2.30. The van der Waals surface area contributed by atoms with E-state index in [0.717, 1.165) is 22.0 Å². The van der Waals surface area contributed by atoms with Gasteiger partial charge in [-0.3, -0.25) is 4.79 Å². The van der Waals surface area contributed by atoms with E-state index in [-0.39, 0.29) is 11.3 Å². The molecule has 0 saturated carbocycles. The van der Waals surface area contributed by atoms with Crippen LogP contribution in [0.25, 0.3) is 0 Å². The number of carbonyl (C=O) groups excluding carboxylic acids is 1. The van der Waals surface area contributed by atoms with Gasteiger partial charge in [0, 0.05) is 4.90 Å². The van der Waals surface area contributed by atoms with E-state index in [1.165, 1.54) is 5.56 Å². The summed E-state index contributed by atoms with van der Waals surface area (Å²) in [4.78, 5) is 13.4. The molecule has 0 heterocycles. The maximum absolute atomic E-state index is 12.4. The zero-order valence-corrected chi connectivity index (χ0v) is 16.3. The molecular formula is C21H27NO2S. The molecule has 0 aliphatic carbocycles. The van der Waals surface area contributed by atoms with Gasteiger partial charge in [-0.15, -0.1) is 11.8 Å². The van der Waals surface area contributed by atoms with Crippen molar-refractivity contribution in [3.63, 3.8) is 0 Å². The van der Waals surface area contributed by atoms with Crippen LogP contribution in [0.2, 0.25) is 0 Å². The van der Waals surface area contributed by atoms with Crippen LogP contribution < -0.4 is 10.1 Å². The van der Waals surface area contributed by atoms with Crippen LogP contribution in [-0.2, 0) is 5.41 Å². The number of thioether (sulfide) groups is 1. The van der Waals surface area contributed by atoms with Crippen LogP contribution in [0.1, 0.15) is 43.6 Å². The molecule has 1 amide bonds. The minimum absolute atomic E-state index is 0.0240. The predicted octanol–water partition coefficient (Wildman–Crippen LogP) is 4.90. The Balaban J connectivity index is 1.91. The number of carbonyl (C=O) groups is 1. The topological polar surface area (TPSA) is 38.3 Å². The van der Waals surface area contributed by atoms with Crippen molar-refractivity contribution in [1.29, 1.82) is 0 Å². The number of para-hydroxylation sites is 1. The van der Waals surface area contributed by atoms with Gasteiger partial charge in [0.1, 0.15) is 12.4 Å². The molecule has 0 atom stereocenters. The SMILES string of the molecule is CCSc1ccccc1C(=O)NCCOc1ccccc1C(C)(C)C. The number of amides is 1. The van der Waals surface area contributed by atoms with Gasteiger partial charge in [-0.1, -0.05) is 58.0 Å². The second-order valence-corrected chi connectivity index (χ2v) is 8.09. The molecule has 2 rings (SSSR count). The lowest BCUT2D eigenvalue weighted by molar-refractivity contribution is 0.0944. The van der Waals surface area contributed by atoms with Crippen LogP contribution in [0.3, 0.4) is 0 Å². The fourth-order valence-electron chi connectivity index (χ4n) is 2.57. The molecule has 2 aromatic rings. The van der Waals surface area contributed by atoms with Gasteiger partial charge in [0.15, 0.2) is 0 Å². The number of benzene rings is 2. The van der Waals surface area contributed by atoms with Crippen LogP contribution >= 0.6 is 11.8 Å². The third-order valence-corrected chi connectivity index (χ3v) is 4.73. The number of hydrogen-bond acceptors (Lipinski definition) is 3. The highest BCUT2D eigenvalue weighted by Gasteiger charge is 2.18. The van der Waals surface area contributed by atoms with E-state index in [1.54, 1.807) is 11.8 Å². The summed E-state index contributed by atoms with van der Waals surface area (Å²) in [5.74, 6) is 1.77. The first kappa shape index (κ1) is 19.4. The van der Waals surface area contributed by atoms with Crippen molar-refractivity contribution in [1.82, 2.24) is 5.32 Å². The molecule has 134 valence electrons. The second-order valence-electron chi connectivity index (χ2n) is 6.78. The Labute approximate surface area is 155 Å². The Bertz CT molecular complexity index is 707. The number of hydrogen-bond donors (Lipinski definition) is 1. The van der Waals surface area contributed by atoms with Crippen LogP contribution in [0.15, 0.2) is 53.4 Å². The lowest BCUT2D eigenvalue weighted by atomic mass is 9.86. The Morgan fingerprint density at radius 3 is 2.48 bits per heavy atom. The summed E-state index contributed by atoms with van der Waals surface area (Å²) in [6.07, 6.45) is 0. The average Bonchev–Trinajstić information content (AvgIpc) is 2.59. The molecule has 0 aliphatic heterocycles. The van der Waals surface area contributed by atoms with Gasteiger partial charge in [0.05, 0.1) is 12.1 Å². The maximum atomic E-state index is 12.4. The van der Waals surface area contributed by atoms with Crippen LogP contribution in [0, 0.1) is 0 Å².